The largest absolute Gasteiger partial charge is 0.497 e. The van der Waals surface area contributed by atoms with Gasteiger partial charge < -0.3 is 14.5 Å². The third-order valence-corrected chi connectivity index (χ3v) is 4.00. The zero-order chi connectivity index (χ0) is 16.2. The fraction of sp³-hybridized carbons (Fsp3) is 0.353. The minimum absolute atomic E-state index is 0.0233. The van der Waals surface area contributed by atoms with Gasteiger partial charge in [0.15, 0.2) is 0 Å². The Labute approximate surface area is 135 Å². The fourth-order valence-corrected chi connectivity index (χ4v) is 2.70. The third kappa shape index (κ3) is 3.41. The summed E-state index contributed by atoms with van der Waals surface area (Å²) in [5.41, 5.74) is 1.62. The van der Waals surface area contributed by atoms with Crippen LogP contribution in [0.2, 0.25) is 0 Å². The minimum atomic E-state index is -0.0233. The van der Waals surface area contributed by atoms with Crippen molar-refractivity contribution in [3.05, 3.63) is 48.0 Å². The van der Waals surface area contributed by atoms with Crippen molar-refractivity contribution >= 4 is 11.6 Å². The van der Waals surface area contributed by atoms with Crippen molar-refractivity contribution in [2.24, 2.45) is 0 Å². The topological polar surface area (TPSA) is 58.6 Å². The summed E-state index contributed by atoms with van der Waals surface area (Å²) in [5.74, 6) is 1.44. The second kappa shape index (κ2) is 6.64. The van der Waals surface area contributed by atoms with Gasteiger partial charge in [0.1, 0.15) is 17.3 Å². The van der Waals surface area contributed by atoms with E-state index in [9.17, 15) is 4.79 Å². The highest BCUT2D eigenvalue weighted by molar-refractivity contribution is 5.92. The van der Waals surface area contributed by atoms with Crippen molar-refractivity contribution in [1.29, 1.82) is 0 Å². The molecular formula is C17H20N4O2. The predicted molar refractivity (Wildman–Crippen MR) is 87.9 cm³/mol. The van der Waals surface area contributed by atoms with Crippen LogP contribution >= 0.6 is 0 Å². The number of rotatable bonds is 3. The maximum atomic E-state index is 12.5. The second-order valence-electron chi connectivity index (χ2n) is 5.47. The summed E-state index contributed by atoms with van der Waals surface area (Å²) in [5, 5.41) is 0. The van der Waals surface area contributed by atoms with Crippen LogP contribution in [-0.2, 0) is 0 Å². The molecular weight excluding hydrogens is 292 g/mol. The zero-order valence-electron chi connectivity index (χ0n) is 13.4. The number of hydrogen-bond acceptors (Lipinski definition) is 5. The normalized spacial score (nSPS) is 14.7. The van der Waals surface area contributed by atoms with E-state index in [2.05, 4.69) is 14.9 Å². The smallest absolute Gasteiger partial charge is 0.272 e. The molecule has 1 aliphatic heterocycles. The maximum absolute atomic E-state index is 12.5. The van der Waals surface area contributed by atoms with Gasteiger partial charge in [-0.2, -0.15) is 0 Å². The maximum Gasteiger partial charge on any atom is 0.272 e. The first-order valence-electron chi connectivity index (χ1n) is 7.65. The Morgan fingerprint density at radius 2 is 1.78 bits per heavy atom. The van der Waals surface area contributed by atoms with E-state index in [1.165, 1.54) is 0 Å². The number of benzene rings is 1. The van der Waals surface area contributed by atoms with Gasteiger partial charge in [0.2, 0.25) is 0 Å². The number of ether oxygens (including phenoxy) is 1. The first kappa shape index (κ1) is 15.3. The molecule has 0 saturated carbocycles. The average Bonchev–Trinajstić information content (AvgIpc) is 2.61. The molecule has 120 valence electrons. The molecule has 1 fully saturated rings. The molecule has 0 atom stereocenters. The number of anilines is 1. The van der Waals surface area contributed by atoms with Crippen LogP contribution in [-0.4, -0.2) is 54.1 Å². The molecule has 2 aromatic rings. The van der Waals surface area contributed by atoms with E-state index in [-0.39, 0.29) is 5.91 Å². The highest BCUT2D eigenvalue weighted by Gasteiger charge is 2.23. The standard InChI is InChI=1S/C17H20N4O2/c1-13-18-8-7-16(19-13)17(22)21-11-9-20(10-12-21)14-3-5-15(23-2)6-4-14/h3-8H,9-12H2,1-2H3. The van der Waals surface area contributed by atoms with Crippen molar-refractivity contribution in [1.82, 2.24) is 14.9 Å². The molecule has 0 bridgehead atoms. The number of amides is 1. The summed E-state index contributed by atoms with van der Waals surface area (Å²) in [6, 6.07) is 9.67. The average molecular weight is 312 g/mol. The lowest BCUT2D eigenvalue weighted by molar-refractivity contribution is 0.0740. The number of methoxy groups -OCH3 is 1. The van der Waals surface area contributed by atoms with Crippen LogP contribution in [0.3, 0.4) is 0 Å². The van der Waals surface area contributed by atoms with Crippen LogP contribution < -0.4 is 9.64 Å². The van der Waals surface area contributed by atoms with Crippen LogP contribution in [0.4, 0.5) is 5.69 Å². The first-order chi connectivity index (χ1) is 11.2. The van der Waals surface area contributed by atoms with Crippen LogP contribution in [0.15, 0.2) is 36.5 Å². The molecule has 0 aliphatic carbocycles. The fourth-order valence-electron chi connectivity index (χ4n) is 2.70. The molecule has 0 N–H and O–H groups in total. The summed E-state index contributed by atoms with van der Waals surface area (Å²) in [7, 11) is 1.66. The lowest BCUT2D eigenvalue weighted by Crippen LogP contribution is -2.49. The van der Waals surface area contributed by atoms with Gasteiger partial charge in [0.25, 0.3) is 5.91 Å². The second-order valence-corrected chi connectivity index (χ2v) is 5.47. The van der Waals surface area contributed by atoms with Crippen LogP contribution in [0.1, 0.15) is 16.3 Å². The Kier molecular flexibility index (Phi) is 4.41. The van der Waals surface area contributed by atoms with E-state index >= 15 is 0 Å². The quantitative estimate of drug-likeness (QED) is 0.864. The molecule has 6 nitrogen and oxygen atoms in total. The monoisotopic (exact) mass is 312 g/mol. The molecule has 3 rings (SSSR count). The Morgan fingerprint density at radius 1 is 1.09 bits per heavy atom. The lowest BCUT2D eigenvalue weighted by atomic mass is 10.2. The molecule has 0 radical (unpaired) electrons. The number of carbonyl (C=O) groups excluding carboxylic acids is 1. The molecule has 1 amide bonds. The third-order valence-electron chi connectivity index (χ3n) is 4.00. The molecule has 2 heterocycles. The van der Waals surface area contributed by atoms with E-state index in [1.54, 1.807) is 26.3 Å². The number of nitrogens with zero attached hydrogens (tertiary/aromatic N) is 4. The number of aryl methyl sites for hydroxylation is 1. The van der Waals surface area contributed by atoms with Crippen molar-refractivity contribution < 1.29 is 9.53 Å². The van der Waals surface area contributed by atoms with Crippen molar-refractivity contribution in [2.45, 2.75) is 6.92 Å². The summed E-state index contributed by atoms with van der Waals surface area (Å²) in [4.78, 5) is 24.8. The summed E-state index contributed by atoms with van der Waals surface area (Å²) >= 11 is 0. The Bertz CT molecular complexity index is 679. The summed E-state index contributed by atoms with van der Waals surface area (Å²) in [6.07, 6.45) is 1.63. The molecule has 0 spiro atoms. The Balaban J connectivity index is 1.62. The SMILES string of the molecule is COc1ccc(N2CCN(C(=O)c3ccnc(C)n3)CC2)cc1. The van der Waals surface area contributed by atoms with Crippen LogP contribution in [0, 0.1) is 6.92 Å². The highest BCUT2D eigenvalue weighted by atomic mass is 16.5. The van der Waals surface area contributed by atoms with Gasteiger partial charge in [-0.25, -0.2) is 9.97 Å². The van der Waals surface area contributed by atoms with Gasteiger partial charge in [-0.1, -0.05) is 0 Å². The van der Waals surface area contributed by atoms with Gasteiger partial charge in [-0.05, 0) is 37.3 Å². The van der Waals surface area contributed by atoms with Gasteiger partial charge >= 0.3 is 0 Å². The number of hydrogen-bond donors (Lipinski definition) is 0. The van der Waals surface area contributed by atoms with E-state index in [0.29, 0.717) is 24.6 Å². The van der Waals surface area contributed by atoms with E-state index in [4.69, 9.17) is 4.74 Å². The molecule has 1 aliphatic rings. The highest BCUT2D eigenvalue weighted by Crippen LogP contribution is 2.20. The van der Waals surface area contributed by atoms with Crippen molar-refractivity contribution in [2.75, 3.05) is 38.2 Å². The van der Waals surface area contributed by atoms with E-state index in [1.807, 2.05) is 29.2 Å². The van der Waals surface area contributed by atoms with Crippen molar-refractivity contribution in [3.63, 3.8) is 0 Å². The zero-order valence-corrected chi connectivity index (χ0v) is 13.4. The summed E-state index contributed by atoms with van der Waals surface area (Å²) in [6.45, 7) is 4.78. The molecule has 23 heavy (non-hydrogen) atoms. The number of piperazine rings is 1. The van der Waals surface area contributed by atoms with Crippen LogP contribution in [0.5, 0.6) is 5.75 Å². The summed E-state index contributed by atoms with van der Waals surface area (Å²) < 4.78 is 5.18. The van der Waals surface area contributed by atoms with E-state index in [0.717, 1.165) is 24.5 Å². The molecule has 1 saturated heterocycles. The molecule has 0 unspecified atom stereocenters. The van der Waals surface area contributed by atoms with Gasteiger partial charge in [-0.3, -0.25) is 4.79 Å². The molecule has 1 aromatic heterocycles. The predicted octanol–water partition coefficient (Wildman–Crippen LogP) is 1.76. The minimum Gasteiger partial charge on any atom is -0.497 e. The first-order valence-corrected chi connectivity index (χ1v) is 7.65. The lowest BCUT2D eigenvalue weighted by Gasteiger charge is -2.36. The molecule has 1 aromatic carbocycles. The van der Waals surface area contributed by atoms with Gasteiger partial charge in [0.05, 0.1) is 7.11 Å². The van der Waals surface area contributed by atoms with E-state index < -0.39 is 0 Å². The Hall–Kier alpha value is -2.63. The molecule has 6 heteroatoms. The van der Waals surface area contributed by atoms with Crippen molar-refractivity contribution in [3.8, 4) is 5.75 Å². The van der Waals surface area contributed by atoms with Crippen LogP contribution in [0.25, 0.3) is 0 Å². The Morgan fingerprint density at radius 3 is 2.39 bits per heavy atom. The van der Waals surface area contributed by atoms with Gasteiger partial charge in [0, 0.05) is 38.1 Å². The van der Waals surface area contributed by atoms with Gasteiger partial charge in [-0.15, -0.1) is 0 Å². The number of carbonyl (C=O) groups is 1. The number of aromatic nitrogens is 2.